The zero-order chi connectivity index (χ0) is 23.6. The van der Waals surface area contributed by atoms with Crippen molar-refractivity contribution in [3.63, 3.8) is 0 Å². The highest BCUT2D eigenvalue weighted by Gasteiger charge is 2.35. The lowest BCUT2D eigenvalue weighted by atomic mass is 9.98. The molecule has 2 amide bonds. The molecule has 2 aliphatic rings. The summed E-state index contributed by atoms with van der Waals surface area (Å²) in [5.41, 5.74) is 3.78. The van der Waals surface area contributed by atoms with Gasteiger partial charge in [0, 0.05) is 30.5 Å². The molecular formula is C26H30N2O5. The molecule has 1 saturated heterocycles. The van der Waals surface area contributed by atoms with Gasteiger partial charge in [-0.2, -0.15) is 0 Å². The van der Waals surface area contributed by atoms with Crippen LogP contribution in [0.2, 0.25) is 0 Å². The summed E-state index contributed by atoms with van der Waals surface area (Å²) in [6.07, 6.45) is 0.944. The number of ether oxygens (including phenoxy) is 1. The molecule has 0 aromatic heterocycles. The Hall–Kier alpha value is -3.35. The summed E-state index contributed by atoms with van der Waals surface area (Å²) in [7, 11) is 0. The number of alkyl carbamates (subject to hydrolysis) is 1. The van der Waals surface area contributed by atoms with E-state index in [9.17, 15) is 14.4 Å². The SMILES string of the molecule is CC(C)(CC(=O)N1CCC[C@@H]1CC(=O)O)NC(=O)OCC1c2ccccc2-c2ccccc21. The van der Waals surface area contributed by atoms with Crippen molar-refractivity contribution in [2.24, 2.45) is 0 Å². The highest BCUT2D eigenvalue weighted by atomic mass is 16.5. The molecule has 7 nitrogen and oxygen atoms in total. The minimum absolute atomic E-state index is 0.0331. The number of carbonyl (C=O) groups is 3. The average Bonchev–Trinajstić information content (AvgIpc) is 3.33. The third-order valence-electron chi connectivity index (χ3n) is 6.49. The zero-order valence-corrected chi connectivity index (χ0v) is 19.0. The van der Waals surface area contributed by atoms with Crippen LogP contribution in [0.15, 0.2) is 48.5 Å². The summed E-state index contributed by atoms with van der Waals surface area (Å²) in [5.74, 6) is -1.09. The van der Waals surface area contributed by atoms with Gasteiger partial charge in [0.15, 0.2) is 0 Å². The van der Waals surface area contributed by atoms with E-state index in [-0.39, 0.29) is 37.3 Å². The Bertz CT molecular complexity index is 1020. The van der Waals surface area contributed by atoms with Crippen molar-refractivity contribution < 1.29 is 24.2 Å². The van der Waals surface area contributed by atoms with Gasteiger partial charge in [0.2, 0.25) is 5.91 Å². The first-order valence-electron chi connectivity index (χ1n) is 11.4. The Balaban J connectivity index is 1.35. The maximum Gasteiger partial charge on any atom is 0.407 e. The summed E-state index contributed by atoms with van der Waals surface area (Å²) < 4.78 is 5.60. The molecule has 0 spiro atoms. The molecule has 1 heterocycles. The summed E-state index contributed by atoms with van der Waals surface area (Å²) in [6.45, 7) is 4.30. The summed E-state index contributed by atoms with van der Waals surface area (Å²) in [4.78, 5) is 38.1. The molecule has 33 heavy (non-hydrogen) atoms. The lowest BCUT2D eigenvalue weighted by Gasteiger charge is -2.30. The number of carbonyl (C=O) groups excluding carboxylic acids is 2. The smallest absolute Gasteiger partial charge is 0.407 e. The Kier molecular flexibility index (Phi) is 6.40. The Morgan fingerprint density at radius 3 is 2.27 bits per heavy atom. The first-order valence-corrected chi connectivity index (χ1v) is 11.4. The first kappa shape index (κ1) is 22.8. The van der Waals surface area contributed by atoms with Gasteiger partial charge in [-0.3, -0.25) is 9.59 Å². The number of hydrogen-bond donors (Lipinski definition) is 2. The van der Waals surface area contributed by atoms with Crippen LogP contribution in [-0.4, -0.2) is 52.7 Å². The highest BCUT2D eigenvalue weighted by molar-refractivity contribution is 5.81. The Labute approximate surface area is 193 Å². The van der Waals surface area contributed by atoms with Crippen molar-refractivity contribution in [3.8, 4) is 11.1 Å². The quantitative estimate of drug-likeness (QED) is 0.660. The average molecular weight is 451 g/mol. The van der Waals surface area contributed by atoms with Gasteiger partial charge in [0.05, 0.1) is 6.42 Å². The van der Waals surface area contributed by atoms with E-state index in [2.05, 4.69) is 29.6 Å². The molecule has 1 aliphatic heterocycles. The fourth-order valence-electron chi connectivity index (χ4n) is 5.01. The van der Waals surface area contributed by atoms with Crippen LogP contribution in [0.5, 0.6) is 0 Å². The van der Waals surface area contributed by atoms with E-state index in [0.717, 1.165) is 28.7 Å². The number of likely N-dealkylation sites (tertiary alicyclic amines) is 1. The van der Waals surface area contributed by atoms with Crippen LogP contribution < -0.4 is 5.32 Å². The summed E-state index contributed by atoms with van der Waals surface area (Å²) >= 11 is 0. The van der Waals surface area contributed by atoms with Gasteiger partial charge in [-0.25, -0.2) is 4.79 Å². The molecular weight excluding hydrogens is 420 g/mol. The van der Waals surface area contributed by atoms with Crippen molar-refractivity contribution in [2.45, 2.75) is 57.0 Å². The van der Waals surface area contributed by atoms with Crippen molar-refractivity contribution in [3.05, 3.63) is 59.7 Å². The van der Waals surface area contributed by atoms with Crippen LogP contribution in [0.4, 0.5) is 4.79 Å². The number of aliphatic carboxylic acids is 1. The number of nitrogens with zero attached hydrogens (tertiary/aromatic N) is 1. The summed E-state index contributed by atoms with van der Waals surface area (Å²) in [6, 6.07) is 16.0. The minimum atomic E-state index is -0.907. The molecule has 2 aromatic carbocycles. The topological polar surface area (TPSA) is 95.9 Å². The number of rotatable bonds is 7. The molecule has 1 atom stereocenters. The van der Waals surface area contributed by atoms with Crippen LogP contribution in [0.25, 0.3) is 11.1 Å². The first-order chi connectivity index (χ1) is 15.7. The molecule has 0 saturated carbocycles. The van der Waals surface area contributed by atoms with Crippen molar-refractivity contribution >= 4 is 18.0 Å². The van der Waals surface area contributed by atoms with Crippen LogP contribution in [0, 0.1) is 0 Å². The van der Waals surface area contributed by atoms with E-state index in [0.29, 0.717) is 13.0 Å². The number of carboxylic acid groups (broad SMARTS) is 1. The second-order valence-electron chi connectivity index (χ2n) is 9.49. The fraction of sp³-hybridized carbons (Fsp3) is 0.423. The molecule has 0 unspecified atom stereocenters. The van der Waals surface area contributed by atoms with E-state index in [4.69, 9.17) is 9.84 Å². The second-order valence-corrected chi connectivity index (χ2v) is 9.49. The lowest BCUT2D eigenvalue weighted by molar-refractivity contribution is -0.140. The van der Waals surface area contributed by atoms with Crippen molar-refractivity contribution in [1.29, 1.82) is 0 Å². The number of nitrogens with one attached hydrogen (secondary N) is 1. The van der Waals surface area contributed by atoms with Crippen LogP contribution in [-0.2, 0) is 14.3 Å². The van der Waals surface area contributed by atoms with Crippen LogP contribution in [0.1, 0.15) is 56.6 Å². The van der Waals surface area contributed by atoms with E-state index < -0.39 is 17.6 Å². The maximum atomic E-state index is 12.8. The van der Waals surface area contributed by atoms with E-state index in [1.54, 1.807) is 18.7 Å². The Morgan fingerprint density at radius 1 is 1.06 bits per heavy atom. The molecule has 4 rings (SSSR count). The monoisotopic (exact) mass is 450 g/mol. The molecule has 0 bridgehead atoms. The van der Waals surface area contributed by atoms with Gasteiger partial charge in [-0.1, -0.05) is 48.5 Å². The van der Waals surface area contributed by atoms with Crippen LogP contribution in [0.3, 0.4) is 0 Å². The van der Waals surface area contributed by atoms with Gasteiger partial charge in [-0.05, 0) is 48.9 Å². The van der Waals surface area contributed by atoms with E-state index in [1.807, 2.05) is 24.3 Å². The molecule has 0 radical (unpaired) electrons. The normalized spacial score (nSPS) is 17.4. The molecule has 1 aliphatic carbocycles. The third-order valence-corrected chi connectivity index (χ3v) is 6.49. The number of benzene rings is 2. The molecule has 2 aromatic rings. The standard InChI is InChI=1S/C26H30N2O5/c1-26(2,15-23(29)28-13-7-8-17(28)14-24(30)31)27-25(32)33-16-22-20-11-5-3-9-18(20)19-10-4-6-12-21(19)22/h3-6,9-12,17,22H,7-8,13-16H2,1-2H3,(H,27,32)(H,30,31)/t17-/m1/s1. The van der Waals surface area contributed by atoms with Gasteiger partial charge < -0.3 is 20.1 Å². The Morgan fingerprint density at radius 2 is 1.67 bits per heavy atom. The number of carboxylic acids is 1. The van der Waals surface area contributed by atoms with Crippen LogP contribution >= 0.6 is 0 Å². The predicted molar refractivity (Wildman–Crippen MR) is 124 cm³/mol. The zero-order valence-electron chi connectivity index (χ0n) is 19.0. The molecule has 2 N–H and O–H groups in total. The summed E-state index contributed by atoms with van der Waals surface area (Å²) in [5, 5.41) is 11.9. The largest absolute Gasteiger partial charge is 0.481 e. The maximum absolute atomic E-state index is 12.8. The van der Waals surface area contributed by atoms with Crippen molar-refractivity contribution in [2.75, 3.05) is 13.2 Å². The molecule has 7 heteroatoms. The highest BCUT2D eigenvalue weighted by Crippen LogP contribution is 2.44. The fourth-order valence-corrected chi connectivity index (χ4v) is 5.01. The van der Waals surface area contributed by atoms with Gasteiger partial charge >= 0.3 is 12.1 Å². The van der Waals surface area contributed by atoms with Gasteiger partial charge in [-0.15, -0.1) is 0 Å². The number of hydrogen-bond acceptors (Lipinski definition) is 4. The third kappa shape index (κ3) is 5.02. The lowest BCUT2D eigenvalue weighted by Crippen LogP contribution is -2.48. The van der Waals surface area contributed by atoms with Gasteiger partial charge in [0.1, 0.15) is 6.61 Å². The number of amides is 2. The second kappa shape index (κ2) is 9.25. The minimum Gasteiger partial charge on any atom is -0.481 e. The predicted octanol–water partition coefficient (Wildman–Crippen LogP) is 4.16. The van der Waals surface area contributed by atoms with Gasteiger partial charge in [0.25, 0.3) is 0 Å². The van der Waals surface area contributed by atoms with Crippen molar-refractivity contribution in [1.82, 2.24) is 10.2 Å². The number of fused-ring (bicyclic) bond motifs is 3. The molecule has 1 fully saturated rings. The molecule has 174 valence electrons. The van der Waals surface area contributed by atoms with E-state index >= 15 is 0 Å². The van der Waals surface area contributed by atoms with E-state index in [1.165, 1.54) is 0 Å².